The van der Waals surface area contributed by atoms with Gasteiger partial charge in [-0.3, -0.25) is 4.79 Å². The molecule has 1 aromatic rings. The first-order valence-corrected chi connectivity index (χ1v) is 5.65. The maximum atomic E-state index is 11.8. The van der Waals surface area contributed by atoms with Gasteiger partial charge in [0.1, 0.15) is 0 Å². The van der Waals surface area contributed by atoms with E-state index >= 15 is 0 Å². The van der Waals surface area contributed by atoms with E-state index in [1.54, 1.807) is 19.0 Å². The van der Waals surface area contributed by atoms with Crippen LogP contribution in [0.1, 0.15) is 22.3 Å². The van der Waals surface area contributed by atoms with Crippen molar-refractivity contribution in [3.63, 3.8) is 0 Å². The molecule has 0 radical (unpaired) electrons. The minimum absolute atomic E-state index is 0.0797. The van der Waals surface area contributed by atoms with Gasteiger partial charge in [-0.05, 0) is 36.6 Å². The number of rotatable bonds is 1. The van der Waals surface area contributed by atoms with E-state index in [0.29, 0.717) is 0 Å². The molecular formula is C13H18N2O. The van der Waals surface area contributed by atoms with Crippen LogP contribution in [0.5, 0.6) is 0 Å². The van der Waals surface area contributed by atoms with Crippen molar-refractivity contribution in [2.24, 2.45) is 0 Å². The number of carbonyl (C=O) groups is 1. The first-order valence-electron chi connectivity index (χ1n) is 5.65. The molecule has 0 aromatic heterocycles. The molecule has 0 unspecified atom stereocenters. The Morgan fingerprint density at radius 3 is 2.81 bits per heavy atom. The summed E-state index contributed by atoms with van der Waals surface area (Å²) in [4.78, 5) is 15.7. The summed E-state index contributed by atoms with van der Waals surface area (Å²) in [7, 11) is 5.67. The Morgan fingerprint density at radius 2 is 2.12 bits per heavy atom. The molecule has 1 aromatic carbocycles. The molecule has 0 saturated carbocycles. The van der Waals surface area contributed by atoms with Gasteiger partial charge in [0.05, 0.1) is 0 Å². The van der Waals surface area contributed by atoms with Crippen LogP contribution in [-0.4, -0.2) is 38.5 Å². The van der Waals surface area contributed by atoms with Gasteiger partial charge in [-0.25, -0.2) is 0 Å². The minimum Gasteiger partial charge on any atom is -0.374 e. The molecule has 86 valence electrons. The van der Waals surface area contributed by atoms with Crippen LogP contribution in [-0.2, 0) is 6.42 Å². The van der Waals surface area contributed by atoms with Gasteiger partial charge in [-0.15, -0.1) is 0 Å². The van der Waals surface area contributed by atoms with Crippen molar-refractivity contribution in [2.75, 3.05) is 32.6 Å². The lowest BCUT2D eigenvalue weighted by atomic mass is 9.99. The monoisotopic (exact) mass is 218 g/mol. The summed E-state index contributed by atoms with van der Waals surface area (Å²) in [6.45, 7) is 1.11. The smallest absolute Gasteiger partial charge is 0.253 e. The summed E-state index contributed by atoms with van der Waals surface area (Å²) in [5, 5.41) is 0. The second-order valence-corrected chi connectivity index (χ2v) is 4.57. The number of hydrogen-bond acceptors (Lipinski definition) is 2. The Morgan fingerprint density at radius 1 is 1.38 bits per heavy atom. The number of fused-ring (bicyclic) bond motifs is 1. The van der Waals surface area contributed by atoms with Gasteiger partial charge in [-0.2, -0.15) is 0 Å². The topological polar surface area (TPSA) is 23.6 Å². The molecule has 3 heteroatoms. The van der Waals surface area contributed by atoms with E-state index in [2.05, 4.69) is 18.0 Å². The maximum Gasteiger partial charge on any atom is 0.253 e. The highest BCUT2D eigenvalue weighted by Gasteiger charge is 2.16. The van der Waals surface area contributed by atoms with Gasteiger partial charge < -0.3 is 9.80 Å². The number of benzene rings is 1. The molecule has 0 spiro atoms. The molecule has 1 aliphatic heterocycles. The lowest BCUT2D eigenvalue weighted by Crippen LogP contribution is -2.26. The normalized spacial score (nSPS) is 14.6. The average Bonchev–Trinajstić information content (AvgIpc) is 2.28. The number of nitrogens with zero attached hydrogens (tertiary/aromatic N) is 2. The van der Waals surface area contributed by atoms with Crippen LogP contribution in [0, 0.1) is 0 Å². The Bertz CT molecular complexity index is 412. The van der Waals surface area contributed by atoms with E-state index < -0.39 is 0 Å². The molecular weight excluding hydrogens is 200 g/mol. The highest BCUT2D eigenvalue weighted by Crippen LogP contribution is 2.26. The van der Waals surface area contributed by atoms with Gasteiger partial charge in [-0.1, -0.05) is 0 Å². The molecule has 16 heavy (non-hydrogen) atoms. The summed E-state index contributed by atoms with van der Waals surface area (Å²) in [6.07, 6.45) is 2.25. The molecule has 3 nitrogen and oxygen atoms in total. The van der Waals surface area contributed by atoms with Crippen molar-refractivity contribution in [3.8, 4) is 0 Å². The van der Waals surface area contributed by atoms with Crippen molar-refractivity contribution in [1.29, 1.82) is 0 Å². The van der Waals surface area contributed by atoms with Crippen LogP contribution < -0.4 is 4.90 Å². The largest absolute Gasteiger partial charge is 0.374 e. The van der Waals surface area contributed by atoms with Crippen LogP contribution in [0.25, 0.3) is 0 Å². The number of amides is 1. The standard InChI is InChI=1S/C13H18N2O/c1-14(2)13(16)11-6-7-12-10(9-11)5-4-8-15(12)3/h6-7,9H,4-5,8H2,1-3H3. The average molecular weight is 218 g/mol. The number of aryl methyl sites for hydroxylation is 1. The number of hydrogen-bond donors (Lipinski definition) is 0. The van der Waals surface area contributed by atoms with Gasteiger partial charge in [0.25, 0.3) is 5.91 Å². The maximum absolute atomic E-state index is 11.8. The van der Waals surface area contributed by atoms with Crippen molar-refractivity contribution in [2.45, 2.75) is 12.8 Å². The van der Waals surface area contributed by atoms with Gasteiger partial charge in [0.15, 0.2) is 0 Å². The predicted octanol–water partition coefficient (Wildman–Crippen LogP) is 1.77. The fourth-order valence-electron chi connectivity index (χ4n) is 2.18. The summed E-state index contributed by atoms with van der Waals surface area (Å²) in [5.74, 6) is 0.0797. The number of carbonyl (C=O) groups excluding carboxylic acids is 1. The zero-order chi connectivity index (χ0) is 11.7. The molecule has 2 rings (SSSR count). The summed E-state index contributed by atoms with van der Waals surface area (Å²) in [6, 6.07) is 6.02. The van der Waals surface area contributed by atoms with Gasteiger partial charge in [0, 0.05) is 38.9 Å². The third-order valence-electron chi connectivity index (χ3n) is 3.08. The fraction of sp³-hybridized carbons (Fsp3) is 0.462. The predicted molar refractivity (Wildman–Crippen MR) is 66.1 cm³/mol. The first kappa shape index (κ1) is 11.0. The quantitative estimate of drug-likeness (QED) is 0.717. The lowest BCUT2D eigenvalue weighted by molar-refractivity contribution is 0.0827. The summed E-state index contributed by atoms with van der Waals surface area (Å²) >= 11 is 0. The van der Waals surface area contributed by atoms with Crippen LogP contribution in [0.4, 0.5) is 5.69 Å². The third-order valence-corrected chi connectivity index (χ3v) is 3.08. The van der Waals surface area contributed by atoms with E-state index in [1.165, 1.54) is 17.7 Å². The van der Waals surface area contributed by atoms with Crippen molar-refractivity contribution >= 4 is 11.6 Å². The van der Waals surface area contributed by atoms with E-state index in [9.17, 15) is 4.79 Å². The molecule has 0 N–H and O–H groups in total. The molecule has 1 amide bonds. The van der Waals surface area contributed by atoms with Crippen LogP contribution in [0.3, 0.4) is 0 Å². The molecule has 0 atom stereocenters. The summed E-state index contributed by atoms with van der Waals surface area (Å²) < 4.78 is 0. The van der Waals surface area contributed by atoms with E-state index in [4.69, 9.17) is 0 Å². The Balaban J connectivity index is 2.35. The Hall–Kier alpha value is -1.51. The van der Waals surface area contributed by atoms with E-state index in [-0.39, 0.29) is 5.91 Å². The van der Waals surface area contributed by atoms with Crippen molar-refractivity contribution < 1.29 is 4.79 Å². The third kappa shape index (κ3) is 1.90. The van der Waals surface area contributed by atoms with Crippen molar-refractivity contribution in [1.82, 2.24) is 4.90 Å². The second-order valence-electron chi connectivity index (χ2n) is 4.57. The fourth-order valence-corrected chi connectivity index (χ4v) is 2.18. The van der Waals surface area contributed by atoms with Crippen LogP contribution in [0.2, 0.25) is 0 Å². The zero-order valence-corrected chi connectivity index (χ0v) is 10.2. The number of anilines is 1. The molecule has 1 aliphatic rings. The molecule has 0 aliphatic carbocycles. The molecule has 0 fully saturated rings. The van der Waals surface area contributed by atoms with Crippen LogP contribution in [0.15, 0.2) is 18.2 Å². The van der Waals surface area contributed by atoms with Crippen molar-refractivity contribution in [3.05, 3.63) is 29.3 Å². The molecule has 1 heterocycles. The zero-order valence-electron chi connectivity index (χ0n) is 10.2. The summed E-state index contributed by atoms with van der Waals surface area (Å²) in [5.41, 5.74) is 3.35. The Kier molecular flexibility index (Phi) is 2.86. The van der Waals surface area contributed by atoms with E-state index in [1.807, 2.05) is 12.1 Å². The second kappa shape index (κ2) is 4.16. The van der Waals surface area contributed by atoms with Crippen LogP contribution >= 0.6 is 0 Å². The minimum atomic E-state index is 0.0797. The molecule has 0 bridgehead atoms. The highest BCUT2D eigenvalue weighted by molar-refractivity contribution is 5.94. The first-order chi connectivity index (χ1) is 7.59. The van der Waals surface area contributed by atoms with Gasteiger partial charge >= 0.3 is 0 Å². The Labute approximate surface area is 96.7 Å². The molecule has 0 saturated heterocycles. The highest BCUT2D eigenvalue weighted by atomic mass is 16.2. The lowest BCUT2D eigenvalue weighted by Gasteiger charge is -2.27. The van der Waals surface area contributed by atoms with E-state index in [0.717, 1.165) is 18.5 Å². The SMILES string of the molecule is CN(C)C(=O)c1ccc2c(c1)CCCN2C. The van der Waals surface area contributed by atoms with Gasteiger partial charge in [0.2, 0.25) is 0 Å².